The van der Waals surface area contributed by atoms with Crippen LogP contribution in [-0.2, 0) is 6.42 Å². The Labute approximate surface area is 144 Å². The SMILES string of the molecule is Cc1cc(C2CCCNC2)oc(=O)c1C(=O)NCCc1nc(N)n[nH]1. The number of carbonyl (C=O) groups is 1. The van der Waals surface area contributed by atoms with Gasteiger partial charge in [-0.1, -0.05) is 0 Å². The number of nitrogens with zero attached hydrogens (tertiary/aromatic N) is 2. The van der Waals surface area contributed by atoms with Crippen molar-refractivity contribution in [1.82, 2.24) is 25.8 Å². The predicted octanol–water partition coefficient (Wildman–Crippen LogP) is 0.0880. The fourth-order valence-electron chi connectivity index (χ4n) is 3.01. The lowest BCUT2D eigenvalue weighted by Crippen LogP contribution is -2.32. The molecule has 0 aromatic carbocycles. The molecule has 0 spiro atoms. The predicted molar refractivity (Wildman–Crippen MR) is 91.4 cm³/mol. The highest BCUT2D eigenvalue weighted by atomic mass is 16.4. The second-order valence-corrected chi connectivity index (χ2v) is 6.18. The van der Waals surface area contributed by atoms with Crippen LogP contribution in [0.5, 0.6) is 0 Å². The lowest BCUT2D eigenvalue weighted by Gasteiger charge is -2.22. The molecule has 1 saturated heterocycles. The van der Waals surface area contributed by atoms with Crippen LogP contribution in [0.3, 0.4) is 0 Å². The first-order valence-electron chi connectivity index (χ1n) is 8.35. The molecule has 0 saturated carbocycles. The summed E-state index contributed by atoms with van der Waals surface area (Å²) in [5.41, 5.74) is 5.49. The summed E-state index contributed by atoms with van der Waals surface area (Å²) in [5.74, 6) is 1.09. The number of aromatic nitrogens is 3. The van der Waals surface area contributed by atoms with E-state index in [2.05, 4.69) is 25.8 Å². The van der Waals surface area contributed by atoms with Gasteiger partial charge in [-0.25, -0.2) is 4.79 Å². The molecular weight excluding hydrogens is 324 g/mol. The van der Waals surface area contributed by atoms with Crippen molar-refractivity contribution < 1.29 is 9.21 Å². The van der Waals surface area contributed by atoms with Gasteiger partial charge in [-0.3, -0.25) is 9.89 Å². The number of piperidine rings is 1. The standard InChI is InChI=1S/C16H22N6O3/c1-9-7-11(10-3-2-5-18-8-10)25-15(24)13(9)14(23)19-6-4-12-20-16(17)22-21-12/h7,10,18H,2-6,8H2,1H3,(H,19,23)(H3,17,20,21,22). The summed E-state index contributed by atoms with van der Waals surface area (Å²) in [4.78, 5) is 28.6. The van der Waals surface area contributed by atoms with Gasteiger partial charge in [0.1, 0.15) is 17.1 Å². The van der Waals surface area contributed by atoms with Crippen molar-refractivity contribution in [2.24, 2.45) is 0 Å². The van der Waals surface area contributed by atoms with Gasteiger partial charge in [-0.2, -0.15) is 4.98 Å². The first-order chi connectivity index (χ1) is 12.0. The molecule has 1 aliphatic rings. The van der Waals surface area contributed by atoms with Crippen LogP contribution in [0.25, 0.3) is 0 Å². The van der Waals surface area contributed by atoms with Gasteiger partial charge in [0.2, 0.25) is 5.95 Å². The van der Waals surface area contributed by atoms with Gasteiger partial charge in [0, 0.05) is 25.4 Å². The highest BCUT2D eigenvalue weighted by molar-refractivity contribution is 5.95. The minimum atomic E-state index is -0.595. The molecule has 0 bridgehead atoms. The summed E-state index contributed by atoms with van der Waals surface area (Å²) < 4.78 is 5.42. The van der Waals surface area contributed by atoms with Crippen LogP contribution in [0.1, 0.15) is 46.3 Å². The van der Waals surface area contributed by atoms with Crippen molar-refractivity contribution in [2.45, 2.75) is 32.1 Å². The minimum absolute atomic E-state index is 0.0459. The zero-order valence-corrected chi connectivity index (χ0v) is 14.1. The Morgan fingerprint density at radius 1 is 1.52 bits per heavy atom. The molecule has 1 fully saturated rings. The number of hydrogen-bond acceptors (Lipinski definition) is 7. The average Bonchev–Trinajstić information content (AvgIpc) is 3.00. The van der Waals surface area contributed by atoms with Crippen LogP contribution < -0.4 is 22.0 Å². The fraction of sp³-hybridized carbons (Fsp3) is 0.500. The Bertz CT molecular complexity index is 806. The third-order valence-electron chi connectivity index (χ3n) is 4.29. The Hall–Kier alpha value is -2.68. The molecule has 9 nitrogen and oxygen atoms in total. The number of nitrogens with two attached hydrogens (primary N) is 1. The molecule has 3 rings (SSSR count). The molecular formula is C16H22N6O3. The van der Waals surface area contributed by atoms with E-state index < -0.39 is 11.5 Å². The number of hydrogen-bond donors (Lipinski definition) is 4. The molecule has 0 radical (unpaired) electrons. The van der Waals surface area contributed by atoms with Crippen molar-refractivity contribution in [3.05, 3.63) is 39.2 Å². The highest BCUT2D eigenvalue weighted by Gasteiger charge is 2.22. The van der Waals surface area contributed by atoms with E-state index in [9.17, 15) is 9.59 Å². The topological polar surface area (TPSA) is 139 Å². The molecule has 1 amide bonds. The number of carbonyl (C=O) groups excluding carboxylic acids is 1. The number of nitrogen functional groups attached to an aromatic ring is 1. The van der Waals surface area contributed by atoms with E-state index in [1.807, 2.05) is 0 Å². The first-order valence-corrected chi connectivity index (χ1v) is 8.35. The fourth-order valence-corrected chi connectivity index (χ4v) is 3.01. The number of nitrogens with one attached hydrogen (secondary N) is 3. The van der Waals surface area contributed by atoms with E-state index in [-0.39, 0.29) is 17.4 Å². The number of aryl methyl sites for hydroxylation is 1. The lowest BCUT2D eigenvalue weighted by molar-refractivity contribution is 0.0948. The van der Waals surface area contributed by atoms with Crippen LogP contribution in [0, 0.1) is 6.92 Å². The summed E-state index contributed by atoms with van der Waals surface area (Å²) in [6.45, 7) is 3.83. The van der Waals surface area contributed by atoms with E-state index >= 15 is 0 Å². The van der Waals surface area contributed by atoms with Gasteiger partial charge in [-0.15, -0.1) is 5.10 Å². The number of H-pyrrole nitrogens is 1. The smallest absolute Gasteiger partial charge is 0.349 e. The summed E-state index contributed by atoms with van der Waals surface area (Å²) in [6.07, 6.45) is 2.45. The third-order valence-corrected chi connectivity index (χ3v) is 4.29. The van der Waals surface area contributed by atoms with Gasteiger partial charge >= 0.3 is 5.63 Å². The zero-order valence-electron chi connectivity index (χ0n) is 14.1. The number of rotatable bonds is 5. The van der Waals surface area contributed by atoms with E-state index in [0.29, 0.717) is 30.1 Å². The van der Waals surface area contributed by atoms with E-state index in [4.69, 9.17) is 10.2 Å². The molecule has 0 aliphatic carbocycles. The minimum Gasteiger partial charge on any atom is -0.427 e. The van der Waals surface area contributed by atoms with Gasteiger partial charge in [0.15, 0.2) is 0 Å². The van der Waals surface area contributed by atoms with E-state index in [0.717, 1.165) is 25.9 Å². The molecule has 25 heavy (non-hydrogen) atoms. The van der Waals surface area contributed by atoms with Crippen LogP contribution in [0.15, 0.2) is 15.3 Å². The zero-order chi connectivity index (χ0) is 17.8. The second kappa shape index (κ2) is 7.47. The van der Waals surface area contributed by atoms with Gasteiger partial charge in [-0.05, 0) is 37.9 Å². The van der Waals surface area contributed by atoms with Crippen molar-refractivity contribution >= 4 is 11.9 Å². The molecule has 9 heteroatoms. The maximum absolute atomic E-state index is 12.3. The maximum atomic E-state index is 12.3. The van der Waals surface area contributed by atoms with Crippen LogP contribution in [-0.4, -0.2) is 40.7 Å². The number of aromatic amines is 1. The summed E-state index contributed by atoms with van der Waals surface area (Å²) in [6, 6.07) is 1.80. The van der Waals surface area contributed by atoms with Crippen molar-refractivity contribution in [3.8, 4) is 0 Å². The second-order valence-electron chi connectivity index (χ2n) is 6.18. The van der Waals surface area contributed by atoms with E-state index in [1.54, 1.807) is 13.0 Å². The Morgan fingerprint density at radius 3 is 3.00 bits per heavy atom. The average molecular weight is 346 g/mol. The molecule has 1 unspecified atom stereocenters. The molecule has 2 aromatic rings. The van der Waals surface area contributed by atoms with Gasteiger partial charge < -0.3 is 20.8 Å². The Kier molecular flexibility index (Phi) is 5.13. The third kappa shape index (κ3) is 4.05. The first kappa shape index (κ1) is 17.2. The van der Waals surface area contributed by atoms with Gasteiger partial charge in [0.05, 0.1) is 0 Å². The molecule has 5 N–H and O–H groups in total. The molecule has 3 heterocycles. The Balaban J connectivity index is 1.66. The largest absolute Gasteiger partial charge is 0.427 e. The molecule has 1 atom stereocenters. The van der Waals surface area contributed by atoms with Crippen LogP contribution >= 0.6 is 0 Å². The molecule has 2 aromatic heterocycles. The molecule has 134 valence electrons. The van der Waals surface area contributed by atoms with Gasteiger partial charge in [0.25, 0.3) is 5.91 Å². The monoisotopic (exact) mass is 346 g/mol. The maximum Gasteiger partial charge on any atom is 0.349 e. The lowest BCUT2D eigenvalue weighted by atomic mass is 9.95. The Morgan fingerprint density at radius 2 is 2.36 bits per heavy atom. The molecule has 1 aliphatic heterocycles. The van der Waals surface area contributed by atoms with Crippen LogP contribution in [0.2, 0.25) is 0 Å². The van der Waals surface area contributed by atoms with E-state index in [1.165, 1.54) is 0 Å². The number of anilines is 1. The summed E-state index contributed by atoms with van der Waals surface area (Å²) in [7, 11) is 0. The van der Waals surface area contributed by atoms with Crippen molar-refractivity contribution in [3.63, 3.8) is 0 Å². The highest BCUT2D eigenvalue weighted by Crippen LogP contribution is 2.23. The summed E-state index contributed by atoms with van der Waals surface area (Å²) >= 11 is 0. The van der Waals surface area contributed by atoms with Crippen LogP contribution in [0.4, 0.5) is 5.95 Å². The summed E-state index contributed by atoms with van der Waals surface area (Å²) in [5, 5.41) is 12.4. The van der Waals surface area contributed by atoms with Crippen molar-refractivity contribution in [1.29, 1.82) is 0 Å². The number of amides is 1. The van der Waals surface area contributed by atoms with Crippen molar-refractivity contribution in [2.75, 3.05) is 25.4 Å². The normalized spacial score (nSPS) is 17.4. The quantitative estimate of drug-likeness (QED) is 0.601.